The first kappa shape index (κ1) is 25.1. The lowest BCUT2D eigenvalue weighted by molar-refractivity contribution is -0.0811. The monoisotopic (exact) mass is 436 g/mol. The van der Waals surface area contributed by atoms with Crippen LogP contribution in [0.3, 0.4) is 0 Å². The molecule has 8 nitrogen and oxygen atoms in total. The highest BCUT2D eigenvalue weighted by atomic mass is 16.6. The van der Waals surface area contributed by atoms with Gasteiger partial charge in [0.25, 0.3) is 0 Å². The molecule has 0 radical (unpaired) electrons. The molecule has 0 aliphatic carbocycles. The van der Waals surface area contributed by atoms with Gasteiger partial charge in [0.05, 0.1) is 26.4 Å². The molecule has 2 unspecified atom stereocenters. The Bertz CT molecular complexity index is 682. The van der Waals surface area contributed by atoms with Crippen molar-refractivity contribution in [1.82, 2.24) is 0 Å². The standard InChI is InChI=1S/C23H32O8/c1-23(2,17-3-7-19(8-4-17)30-21(26)15-28-13-11-24)18-5-9-20(10-6-18)31-22(27)16-29-14-12-25/h3-10,21-22,24-27H,11-16H2,1-2H3. The third kappa shape index (κ3) is 8.10. The summed E-state index contributed by atoms with van der Waals surface area (Å²) in [5, 5.41) is 37.0. The fraction of sp³-hybridized carbons (Fsp3) is 0.478. The van der Waals surface area contributed by atoms with Crippen molar-refractivity contribution >= 4 is 0 Å². The zero-order valence-electron chi connectivity index (χ0n) is 17.9. The van der Waals surface area contributed by atoms with Gasteiger partial charge in [-0.05, 0) is 35.4 Å². The molecule has 8 heteroatoms. The number of hydrogen-bond donors (Lipinski definition) is 4. The first-order chi connectivity index (χ1) is 14.9. The van der Waals surface area contributed by atoms with Gasteiger partial charge in [0, 0.05) is 5.41 Å². The molecule has 4 N–H and O–H groups in total. The molecule has 2 aromatic rings. The average Bonchev–Trinajstić information content (AvgIpc) is 2.75. The maximum Gasteiger partial charge on any atom is 0.221 e. The normalized spacial score (nSPS) is 13.6. The van der Waals surface area contributed by atoms with E-state index in [2.05, 4.69) is 13.8 Å². The number of benzene rings is 2. The van der Waals surface area contributed by atoms with Crippen LogP contribution in [0.2, 0.25) is 0 Å². The van der Waals surface area contributed by atoms with E-state index < -0.39 is 12.6 Å². The lowest BCUT2D eigenvalue weighted by atomic mass is 9.78. The fourth-order valence-electron chi connectivity index (χ4n) is 2.95. The van der Waals surface area contributed by atoms with Crippen LogP contribution in [0.5, 0.6) is 11.5 Å². The Labute approximate surface area is 182 Å². The molecule has 0 aromatic heterocycles. The Morgan fingerprint density at radius 2 is 1.03 bits per heavy atom. The van der Waals surface area contributed by atoms with Crippen LogP contribution in [-0.2, 0) is 14.9 Å². The Morgan fingerprint density at radius 1 is 0.677 bits per heavy atom. The lowest BCUT2D eigenvalue weighted by Gasteiger charge is -2.27. The first-order valence-electron chi connectivity index (χ1n) is 10.1. The van der Waals surface area contributed by atoms with Gasteiger partial charge in [0.1, 0.15) is 24.7 Å². The second-order valence-corrected chi connectivity index (χ2v) is 7.42. The highest BCUT2D eigenvalue weighted by molar-refractivity contribution is 5.41. The molecule has 0 bridgehead atoms. The second kappa shape index (κ2) is 12.6. The molecule has 0 aliphatic rings. The SMILES string of the molecule is CC(C)(c1ccc(OC(O)COCCO)cc1)c1ccc(OC(O)COCCO)cc1. The van der Waals surface area contributed by atoms with E-state index in [0.717, 1.165) is 11.1 Å². The van der Waals surface area contributed by atoms with E-state index in [0.29, 0.717) is 11.5 Å². The molecule has 2 rings (SSSR count). The van der Waals surface area contributed by atoms with E-state index in [1.807, 2.05) is 24.3 Å². The van der Waals surface area contributed by atoms with E-state index in [1.54, 1.807) is 24.3 Å². The second-order valence-electron chi connectivity index (χ2n) is 7.42. The number of aliphatic hydroxyl groups is 4. The molecule has 2 atom stereocenters. The van der Waals surface area contributed by atoms with Gasteiger partial charge in [-0.3, -0.25) is 0 Å². The summed E-state index contributed by atoms with van der Waals surface area (Å²) in [6.45, 7) is 4.21. The molecule has 0 fully saturated rings. The summed E-state index contributed by atoms with van der Waals surface area (Å²) < 4.78 is 20.9. The van der Waals surface area contributed by atoms with Crippen LogP contribution in [0.15, 0.2) is 48.5 Å². The summed E-state index contributed by atoms with van der Waals surface area (Å²) in [6.07, 6.45) is -2.22. The summed E-state index contributed by atoms with van der Waals surface area (Å²) in [5.41, 5.74) is 1.80. The average molecular weight is 437 g/mol. The van der Waals surface area contributed by atoms with Crippen LogP contribution >= 0.6 is 0 Å². The Morgan fingerprint density at radius 3 is 1.35 bits per heavy atom. The zero-order chi connectivity index (χ0) is 22.7. The summed E-state index contributed by atoms with van der Waals surface area (Å²) >= 11 is 0. The van der Waals surface area contributed by atoms with Crippen LogP contribution in [0.4, 0.5) is 0 Å². The largest absolute Gasteiger partial charge is 0.463 e. The van der Waals surface area contributed by atoms with E-state index in [-0.39, 0.29) is 45.1 Å². The van der Waals surface area contributed by atoms with Crippen LogP contribution in [0, 0.1) is 0 Å². The molecule has 0 saturated carbocycles. The summed E-state index contributed by atoms with van der Waals surface area (Å²) in [7, 11) is 0. The molecule has 0 spiro atoms. The molecule has 2 aromatic carbocycles. The maximum absolute atomic E-state index is 9.81. The van der Waals surface area contributed by atoms with Gasteiger partial charge in [-0.2, -0.15) is 0 Å². The highest BCUT2D eigenvalue weighted by Gasteiger charge is 2.23. The number of hydrogen-bond acceptors (Lipinski definition) is 8. The van der Waals surface area contributed by atoms with Gasteiger partial charge < -0.3 is 39.4 Å². The summed E-state index contributed by atoms with van der Waals surface area (Å²) in [5.74, 6) is 1.03. The summed E-state index contributed by atoms with van der Waals surface area (Å²) in [4.78, 5) is 0. The van der Waals surface area contributed by atoms with Crippen LogP contribution < -0.4 is 9.47 Å². The number of aliphatic hydroxyl groups excluding tert-OH is 4. The van der Waals surface area contributed by atoms with Crippen molar-refractivity contribution in [2.24, 2.45) is 0 Å². The number of rotatable bonds is 14. The highest BCUT2D eigenvalue weighted by Crippen LogP contribution is 2.33. The van der Waals surface area contributed by atoms with Gasteiger partial charge in [0.15, 0.2) is 0 Å². The van der Waals surface area contributed by atoms with Gasteiger partial charge in [0.2, 0.25) is 12.6 Å². The summed E-state index contributed by atoms with van der Waals surface area (Å²) in [6, 6.07) is 14.9. The molecular formula is C23H32O8. The Hall–Kier alpha value is -2.20. The van der Waals surface area contributed by atoms with Crippen LogP contribution in [0.25, 0.3) is 0 Å². The molecule has 0 heterocycles. The van der Waals surface area contributed by atoms with Gasteiger partial charge in [-0.1, -0.05) is 38.1 Å². The van der Waals surface area contributed by atoms with Gasteiger partial charge >= 0.3 is 0 Å². The minimum atomic E-state index is -1.11. The van der Waals surface area contributed by atoms with E-state index in [1.165, 1.54) is 0 Å². The topological polar surface area (TPSA) is 118 Å². The number of ether oxygens (including phenoxy) is 4. The smallest absolute Gasteiger partial charge is 0.221 e. The minimum Gasteiger partial charge on any atom is -0.463 e. The molecule has 0 saturated heterocycles. The van der Waals surface area contributed by atoms with Crippen molar-refractivity contribution < 1.29 is 39.4 Å². The molecule has 31 heavy (non-hydrogen) atoms. The van der Waals surface area contributed by atoms with Crippen molar-refractivity contribution in [3.63, 3.8) is 0 Å². The third-order valence-electron chi connectivity index (χ3n) is 4.69. The predicted octanol–water partition coefficient (Wildman–Crippen LogP) is 1.42. The fourth-order valence-corrected chi connectivity index (χ4v) is 2.95. The van der Waals surface area contributed by atoms with Crippen LogP contribution in [0.1, 0.15) is 25.0 Å². The van der Waals surface area contributed by atoms with E-state index >= 15 is 0 Å². The van der Waals surface area contributed by atoms with Crippen molar-refractivity contribution in [1.29, 1.82) is 0 Å². The Kier molecular flexibility index (Phi) is 10.2. The Balaban J connectivity index is 1.96. The first-order valence-corrected chi connectivity index (χ1v) is 10.1. The van der Waals surface area contributed by atoms with Crippen molar-refractivity contribution in [3.05, 3.63) is 59.7 Å². The van der Waals surface area contributed by atoms with Crippen LogP contribution in [-0.4, -0.2) is 72.6 Å². The molecule has 172 valence electrons. The van der Waals surface area contributed by atoms with E-state index in [9.17, 15) is 10.2 Å². The lowest BCUT2D eigenvalue weighted by Crippen LogP contribution is -2.24. The molecular weight excluding hydrogens is 404 g/mol. The van der Waals surface area contributed by atoms with Crippen molar-refractivity contribution in [2.75, 3.05) is 39.6 Å². The van der Waals surface area contributed by atoms with E-state index in [4.69, 9.17) is 29.2 Å². The van der Waals surface area contributed by atoms with Gasteiger partial charge in [-0.15, -0.1) is 0 Å². The zero-order valence-corrected chi connectivity index (χ0v) is 17.9. The van der Waals surface area contributed by atoms with Crippen molar-refractivity contribution in [3.8, 4) is 11.5 Å². The minimum absolute atomic E-state index is 0.0233. The third-order valence-corrected chi connectivity index (χ3v) is 4.69. The van der Waals surface area contributed by atoms with Crippen molar-refractivity contribution in [2.45, 2.75) is 31.8 Å². The van der Waals surface area contributed by atoms with Gasteiger partial charge in [-0.25, -0.2) is 0 Å². The predicted molar refractivity (Wildman–Crippen MR) is 114 cm³/mol. The molecule has 0 aliphatic heterocycles. The molecule has 0 amide bonds. The maximum atomic E-state index is 9.81. The quantitative estimate of drug-likeness (QED) is 0.260.